The van der Waals surface area contributed by atoms with E-state index in [4.69, 9.17) is 0 Å². The lowest BCUT2D eigenvalue weighted by molar-refractivity contribution is 0.153. The highest BCUT2D eigenvalue weighted by molar-refractivity contribution is 7.95. The van der Waals surface area contributed by atoms with E-state index >= 15 is 0 Å². The SMILES string of the molecule is O=S1(=O)CCC(S(=O)(=O)N2CCN(CC3CCCNC3)CC2)C1. The summed E-state index contributed by atoms with van der Waals surface area (Å²) in [5.41, 5.74) is 0. The van der Waals surface area contributed by atoms with Gasteiger partial charge in [0.2, 0.25) is 10.0 Å². The Bertz CT molecular complexity index is 606. The smallest absolute Gasteiger partial charge is 0.218 e. The normalized spacial score (nSPS) is 33.7. The number of hydrogen-bond acceptors (Lipinski definition) is 6. The second kappa shape index (κ2) is 6.95. The zero-order chi connectivity index (χ0) is 16.5. The Kier molecular flexibility index (Phi) is 5.32. The summed E-state index contributed by atoms with van der Waals surface area (Å²) < 4.78 is 49.8. The fourth-order valence-corrected chi connectivity index (χ4v) is 8.33. The van der Waals surface area contributed by atoms with E-state index in [-0.39, 0.29) is 17.9 Å². The molecule has 3 saturated heterocycles. The largest absolute Gasteiger partial charge is 0.316 e. The third kappa shape index (κ3) is 4.25. The van der Waals surface area contributed by atoms with Gasteiger partial charge >= 0.3 is 0 Å². The Balaban J connectivity index is 1.52. The van der Waals surface area contributed by atoms with Crippen molar-refractivity contribution in [1.29, 1.82) is 0 Å². The van der Waals surface area contributed by atoms with E-state index in [0.717, 1.165) is 32.7 Å². The summed E-state index contributed by atoms with van der Waals surface area (Å²) in [6.07, 6.45) is 2.71. The molecule has 0 aromatic carbocycles. The van der Waals surface area contributed by atoms with Crippen molar-refractivity contribution in [3.05, 3.63) is 0 Å². The fraction of sp³-hybridized carbons (Fsp3) is 1.00. The van der Waals surface area contributed by atoms with E-state index in [0.29, 0.717) is 19.0 Å². The highest BCUT2D eigenvalue weighted by atomic mass is 32.2. The van der Waals surface area contributed by atoms with Crippen LogP contribution in [0.4, 0.5) is 0 Å². The third-order valence-electron chi connectivity index (χ3n) is 5.22. The summed E-state index contributed by atoms with van der Waals surface area (Å²) in [7, 11) is -6.64. The Hall–Kier alpha value is -0.220. The minimum absolute atomic E-state index is 0.00550. The Morgan fingerprint density at radius 2 is 1.83 bits per heavy atom. The van der Waals surface area contributed by atoms with Crippen LogP contribution in [0.2, 0.25) is 0 Å². The van der Waals surface area contributed by atoms with Crippen LogP contribution in [0.25, 0.3) is 0 Å². The third-order valence-corrected chi connectivity index (χ3v) is 9.53. The van der Waals surface area contributed by atoms with Gasteiger partial charge in [0, 0.05) is 32.7 Å². The van der Waals surface area contributed by atoms with Gasteiger partial charge in [0.1, 0.15) is 0 Å². The molecule has 9 heteroatoms. The topological polar surface area (TPSA) is 86.8 Å². The van der Waals surface area contributed by atoms with Crippen LogP contribution in [0.15, 0.2) is 0 Å². The van der Waals surface area contributed by atoms with Crippen molar-refractivity contribution in [2.24, 2.45) is 5.92 Å². The average molecular weight is 366 g/mol. The number of rotatable bonds is 4. The maximum Gasteiger partial charge on any atom is 0.218 e. The predicted molar refractivity (Wildman–Crippen MR) is 89.6 cm³/mol. The zero-order valence-electron chi connectivity index (χ0n) is 13.5. The highest BCUT2D eigenvalue weighted by Crippen LogP contribution is 2.23. The molecular formula is C14H27N3O4S2. The lowest BCUT2D eigenvalue weighted by Crippen LogP contribution is -2.52. The molecule has 0 aromatic heterocycles. The molecule has 0 aromatic rings. The number of nitrogens with one attached hydrogen (secondary N) is 1. The molecule has 3 rings (SSSR count). The lowest BCUT2D eigenvalue weighted by atomic mass is 9.99. The summed E-state index contributed by atoms with van der Waals surface area (Å²) in [6, 6.07) is 0. The molecule has 0 bridgehead atoms. The van der Waals surface area contributed by atoms with Crippen molar-refractivity contribution in [1.82, 2.24) is 14.5 Å². The molecule has 0 spiro atoms. The van der Waals surface area contributed by atoms with Gasteiger partial charge in [-0.1, -0.05) is 0 Å². The van der Waals surface area contributed by atoms with Gasteiger partial charge in [-0.15, -0.1) is 0 Å². The van der Waals surface area contributed by atoms with E-state index in [1.165, 1.54) is 17.1 Å². The highest BCUT2D eigenvalue weighted by Gasteiger charge is 2.41. The van der Waals surface area contributed by atoms with E-state index in [1.807, 2.05) is 0 Å². The molecule has 2 atom stereocenters. The fourth-order valence-electron chi connectivity index (χ4n) is 3.82. The standard InChI is InChI=1S/C14H27N3O4S2/c18-22(19)9-3-14(12-22)23(20,21)17-7-5-16(6-8-17)11-13-2-1-4-15-10-13/h13-15H,1-12H2. The predicted octanol–water partition coefficient (Wildman–Crippen LogP) is -0.879. The Morgan fingerprint density at radius 3 is 2.39 bits per heavy atom. The molecule has 3 aliphatic rings. The molecule has 2 unspecified atom stereocenters. The number of sulfonamides is 1. The molecule has 3 aliphatic heterocycles. The number of nitrogens with zero attached hydrogens (tertiary/aromatic N) is 2. The van der Waals surface area contributed by atoms with E-state index in [1.54, 1.807) is 0 Å². The van der Waals surface area contributed by atoms with Crippen LogP contribution in [0.3, 0.4) is 0 Å². The second-order valence-electron chi connectivity index (χ2n) is 6.98. The average Bonchev–Trinajstić information content (AvgIpc) is 2.90. The number of hydrogen-bond donors (Lipinski definition) is 1. The van der Waals surface area contributed by atoms with Crippen molar-refractivity contribution in [2.45, 2.75) is 24.5 Å². The summed E-state index contributed by atoms with van der Waals surface area (Å²) >= 11 is 0. The van der Waals surface area contributed by atoms with Crippen LogP contribution in [-0.2, 0) is 19.9 Å². The van der Waals surface area contributed by atoms with Gasteiger partial charge in [0.15, 0.2) is 9.84 Å². The van der Waals surface area contributed by atoms with Gasteiger partial charge < -0.3 is 10.2 Å². The molecule has 3 heterocycles. The molecule has 3 fully saturated rings. The van der Waals surface area contributed by atoms with Gasteiger partial charge in [-0.05, 0) is 38.3 Å². The Labute approximate surface area is 139 Å². The monoisotopic (exact) mass is 365 g/mol. The summed E-state index contributed by atoms with van der Waals surface area (Å²) in [4.78, 5) is 2.34. The van der Waals surface area contributed by atoms with Crippen molar-refractivity contribution in [2.75, 3.05) is 57.3 Å². The summed E-state index contributed by atoms with van der Waals surface area (Å²) in [5, 5.41) is 2.68. The first-order chi connectivity index (χ1) is 10.9. The van der Waals surface area contributed by atoms with Crippen LogP contribution in [0, 0.1) is 5.92 Å². The van der Waals surface area contributed by atoms with Crippen molar-refractivity contribution < 1.29 is 16.8 Å². The maximum atomic E-state index is 12.6. The Morgan fingerprint density at radius 1 is 1.09 bits per heavy atom. The minimum atomic E-state index is -3.47. The van der Waals surface area contributed by atoms with Crippen LogP contribution >= 0.6 is 0 Å². The van der Waals surface area contributed by atoms with Gasteiger partial charge in [0.05, 0.1) is 16.8 Å². The van der Waals surface area contributed by atoms with Crippen molar-refractivity contribution >= 4 is 19.9 Å². The quantitative estimate of drug-likeness (QED) is 0.696. The van der Waals surface area contributed by atoms with E-state index in [2.05, 4.69) is 10.2 Å². The van der Waals surface area contributed by atoms with Crippen LogP contribution in [0.1, 0.15) is 19.3 Å². The minimum Gasteiger partial charge on any atom is -0.316 e. The molecule has 1 N–H and O–H groups in total. The molecule has 0 radical (unpaired) electrons. The molecule has 134 valence electrons. The van der Waals surface area contributed by atoms with Gasteiger partial charge in [-0.3, -0.25) is 0 Å². The molecule has 7 nitrogen and oxygen atoms in total. The van der Waals surface area contributed by atoms with Crippen LogP contribution < -0.4 is 5.32 Å². The first-order valence-corrected chi connectivity index (χ1v) is 11.8. The molecule has 23 heavy (non-hydrogen) atoms. The van der Waals surface area contributed by atoms with Crippen LogP contribution in [0.5, 0.6) is 0 Å². The first-order valence-electron chi connectivity index (χ1n) is 8.49. The van der Waals surface area contributed by atoms with E-state index in [9.17, 15) is 16.8 Å². The summed E-state index contributed by atoms with van der Waals surface area (Å²) in [5.74, 6) is 0.460. The number of piperidine rings is 1. The van der Waals surface area contributed by atoms with Crippen LogP contribution in [-0.4, -0.2) is 88.6 Å². The maximum absolute atomic E-state index is 12.6. The molecule has 0 saturated carbocycles. The summed E-state index contributed by atoms with van der Waals surface area (Å²) in [6.45, 7) is 5.65. The lowest BCUT2D eigenvalue weighted by Gasteiger charge is -2.37. The van der Waals surface area contributed by atoms with Crippen molar-refractivity contribution in [3.8, 4) is 0 Å². The van der Waals surface area contributed by atoms with Gasteiger partial charge in [0.25, 0.3) is 0 Å². The van der Waals surface area contributed by atoms with Gasteiger partial charge in [-0.25, -0.2) is 16.8 Å². The van der Waals surface area contributed by atoms with E-state index < -0.39 is 25.1 Å². The zero-order valence-corrected chi connectivity index (χ0v) is 15.1. The number of piperazine rings is 1. The molecule has 0 amide bonds. The van der Waals surface area contributed by atoms with Crippen molar-refractivity contribution in [3.63, 3.8) is 0 Å². The second-order valence-corrected chi connectivity index (χ2v) is 11.4. The number of sulfone groups is 1. The van der Waals surface area contributed by atoms with Gasteiger partial charge in [-0.2, -0.15) is 4.31 Å². The molecular weight excluding hydrogens is 338 g/mol. The molecule has 0 aliphatic carbocycles. The first kappa shape index (κ1) is 17.6.